The van der Waals surface area contributed by atoms with E-state index in [1.165, 1.54) is 4.88 Å². The molecule has 2 aromatic heterocycles. The highest BCUT2D eigenvalue weighted by molar-refractivity contribution is 7.16. The van der Waals surface area contributed by atoms with Gasteiger partial charge in [0.05, 0.1) is 10.4 Å². The van der Waals surface area contributed by atoms with Crippen LogP contribution >= 0.6 is 34.3 Å². The van der Waals surface area contributed by atoms with E-state index < -0.39 is 0 Å². The summed E-state index contributed by atoms with van der Waals surface area (Å²) >= 11 is 9.09. The van der Waals surface area contributed by atoms with Gasteiger partial charge in [-0.25, -0.2) is 0 Å². The van der Waals surface area contributed by atoms with Crippen LogP contribution in [0.25, 0.3) is 0 Å². The van der Waals surface area contributed by atoms with Crippen molar-refractivity contribution in [2.45, 2.75) is 26.3 Å². The van der Waals surface area contributed by atoms with E-state index in [1.807, 2.05) is 12.1 Å². The minimum atomic E-state index is 0.218. The van der Waals surface area contributed by atoms with Crippen molar-refractivity contribution in [1.29, 1.82) is 0 Å². The van der Waals surface area contributed by atoms with Gasteiger partial charge in [-0.2, -0.15) is 0 Å². The number of aromatic nitrogens is 2. The fraction of sp³-hybridized carbons (Fsp3) is 0.400. The SMILES string of the molecule is CCc1nnc(NC(C)c2ccc(Cl)s2)s1. The van der Waals surface area contributed by atoms with Gasteiger partial charge in [0.15, 0.2) is 0 Å². The van der Waals surface area contributed by atoms with Crippen LogP contribution in [0.2, 0.25) is 4.34 Å². The van der Waals surface area contributed by atoms with Crippen LogP contribution in [0.1, 0.15) is 29.8 Å². The molecule has 0 radical (unpaired) electrons. The summed E-state index contributed by atoms with van der Waals surface area (Å²) in [6.45, 7) is 4.17. The van der Waals surface area contributed by atoms with Gasteiger partial charge in [0.1, 0.15) is 5.01 Å². The van der Waals surface area contributed by atoms with Gasteiger partial charge < -0.3 is 5.32 Å². The molecule has 0 spiro atoms. The maximum atomic E-state index is 5.90. The fourth-order valence-corrected chi connectivity index (χ4v) is 3.10. The Hall–Kier alpha value is -0.650. The van der Waals surface area contributed by atoms with Crippen LogP contribution in [0.4, 0.5) is 5.13 Å². The van der Waals surface area contributed by atoms with Gasteiger partial charge in [0.2, 0.25) is 5.13 Å². The average Bonchev–Trinajstić information content (AvgIpc) is 2.87. The molecule has 2 aromatic rings. The predicted molar refractivity (Wildman–Crippen MR) is 70.7 cm³/mol. The van der Waals surface area contributed by atoms with Gasteiger partial charge in [-0.3, -0.25) is 0 Å². The molecule has 16 heavy (non-hydrogen) atoms. The molecule has 0 amide bonds. The van der Waals surface area contributed by atoms with E-state index in [1.54, 1.807) is 22.7 Å². The molecule has 2 rings (SSSR count). The summed E-state index contributed by atoms with van der Waals surface area (Å²) < 4.78 is 0.815. The molecule has 0 bridgehead atoms. The third-order valence-electron chi connectivity index (χ3n) is 2.13. The lowest BCUT2D eigenvalue weighted by atomic mass is 10.3. The molecule has 0 fully saturated rings. The number of rotatable bonds is 4. The highest BCUT2D eigenvalue weighted by atomic mass is 35.5. The number of nitrogens with zero attached hydrogens (tertiary/aromatic N) is 2. The summed E-state index contributed by atoms with van der Waals surface area (Å²) in [5, 5.41) is 13.4. The maximum absolute atomic E-state index is 5.90. The molecule has 0 aromatic carbocycles. The quantitative estimate of drug-likeness (QED) is 0.915. The molecular weight excluding hydrogens is 262 g/mol. The molecule has 1 unspecified atom stereocenters. The van der Waals surface area contributed by atoms with Crippen LogP contribution in [0.5, 0.6) is 0 Å². The minimum Gasteiger partial charge on any atom is -0.353 e. The second kappa shape index (κ2) is 5.12. The molecule has 86 valence electrons. The lowest BCUT2D eigenvalue weighted by Crippen LogP contribution is -2.04. The largest absolute Gasteiger partial charge is 0.353 e. The molecule has 0 saturated carbocycles. The smallest absolute Gasteiger partial charge is 0.206 e. The minimum absolute atomic E-state index is 0.218. The first-order valence-electron chi connectivity index (χ1n) is 5.03. The zero-order chi connectivity index (χ0) is 11.5. The van der Waals surface area contributed by atoms with E-state index in [0.29, 0.717) is 0 Å². The summed E-state index contributed by atoms with van der Waals surface area (Å²) in [5.41, 5.74) is 0. The summed E-state index contributed by atoms with van der Waals surface area (Å²) in [7, 11) is 0. The highest BCUT2D eigenvalue weighted by Gasteiger charge is 2.10. The molecule has 0 aliphatic heterocycles. The Labute approximate surface area is 107 Å². The molecule has 2 heterocycles. The number of hydrogen-bond acceptors (Lipinski definition) is 5. The Morgan fingerprint density at radius 2 is 2.19 bits per heavy atom. The molecule has 3 nitrogen and oxygen atoms in total. The monoisotopic (exact) mass is 273 g/mol. The molecule has 0 aliphatic rings. The number of anilines is 1. The summed E-state index contributed by atoms with van der Waals surface area (Å²) in [5.74, 6) is 0. The normalized spacial score (nSPS) is 12.7. The molecular formula is C10H12ClN3S2. The molecule has 1 N–H and O–H groups in total. The third kappa shape index (κ3) is 2.72. The van der Waals surface area contributed by atoms with Crippen molar-refractivity contribution < 1.29 is 0 Å². The van der Waals surface area contributed by atoms with Crippen molar-refractivity contribution in [3.63, 3.8) is 0 Å². The Morgan fingerprint density at radius 1 is 1.38 bits per heavy atom. The number of nitrogens with one attached hydrogen (secondary N) is 1. The van der Waals surface area contributed by atoms with Crippen molar-refractivity contribution >= 4 is 39.4 Å². The van der Waals surface area contributed by atoms with Gasteiger partial charge in [0.25, 0.3) is 0 Å². The van der Waals surface area contributed by atoms with Crippen LogP contribution in [0, 0.1) is 0 Å². The first-order valence-corrected chi connectivity index (χ1v) is 7.04. The lowest BCUT2D eigenvalue weighted by molar-refractivity contribution is 0.889. The summed E-state index contributed by atoms with van der Waals surface area (Å²) in [6, 6.07) is 4.17. The van der Waals surface area contributed by atoms with Crippen molar-refractivity contribution in [3.8, 4) is 0 Å². The fourth-order valence-electron chi connectivity index (χ4n) is 1.27. The van der Waals surface area contributed by atoms with E-state index in [4.69, 9.17) is 11.6 Å². The van der Waals surface area contributed by atoms with Gasteiger partial charge in [0, 0.05) is 4.88 Å². The van der Waals surface area contributed by atoms with E-state index in [9.17, 15) is 0 Å². The second-order valence-electron chi connectivity index (χ2n) is 3.36. The highest BCUT2D eigenvalue weighted by Crippen LogP contribution is 2.29. The molecule has 0 saturated heterocycles. The van der Waals surface area contributed by atoms with Gasteiger partial charge in [-0.15, -0.1) is 21.5 Å². The zero-order valence-electron chi connectivity index (χ0n) is 9.03. The number of hydrogen-bond donors (Lipinski definition) is 1. The van der Waals surface area contributed by atoms with Crippen LogP contribution < -0.4 is 5.32 Å². The predicted octanol–water partition coefficient (Wildman–Crippen LogP) is 3.99. The summed E-state index contributed by atoms with van der Waals surface area (Å²) in [6.07, 6.45) is 0.929. The average molecular weight is 274 g/mol. The first-order chi connectivity index (χ1) is 7.69. The number of halogens is 1. The van der Waals surface area contributed by atoms with E-state index in [2.05, 4.69) is 29.4 Å². The first kappa shape index (κ1) is 11.8. The third-order valence-corrected chi connectivity index (χ3v) is 4.54. The maximum Gasteiger partial charge on any atom is 0.206 e. The van der Waals surface area contributed by atoms with E-state index in [-0.39, 0.29) is 6.04 Å². The molecule has 1 atom stereocenters. The van der Waals surface area contributed by atoms with Crippen LogP contribution in [0.15, 0.2) is 12.1 Å². The topological polar surface area (TPSA) is 37.8 Å². The van der Waals surface area contributed by atoms with Gasteiger partial charge >= 0.3 is 0 Å². The standard InChI is InChI=1S/C10H12ClN3S2/c1-3-9-13-14-10(16-9)12-6(2)7-4-5-8(11)15-7/h4-6H,3H2,1-2H3,(H,12,14). The van der Waals surface area contributed by atoms with Crippen LogP contribution in [-0.2, 0) is 6.42 Å². The van der Waals surface area contributed by atoms with Crippen LogP contribution in [-0.4, -0.2) is 10.2 Å². The van der Waals surface area contributed by atoms with E-state index in [0.717, 1.165) is 20.9 Å². The Balaban J connectivity index is 2.04. The van der Waals surface area contributed by atoms with Crippen molar-refractivity contribution in [2.24, 2.45) is 0 Å². The summed E-state index contributed by atoms with van der Waals surface area (Å²) in [4.78, 5) is 1.21. The Morgan fingerprint density at radius 3 is 2.75 bits per heavy atom. The van der Waals surface area contributed by atoms with Crippen molar-refractivity contribution in [3.05, 3.63) is 26.4 Å². The van der Waals surface area contributed by atoms with E-state index >= 15 is 0 Å². The number of aryl methyl sites for hydroxylation is 1. The van der Waals surface area contributed by atoms with Crippen molar-refractivity contribution in [2.75, 3.05) is 5.32 Å². The van der Waals surface area contributed by atoms with Crippen LogP contribution in [0.3, 0.4) is 0 Å². The molecule has 6 heteroatoms. The lowest BCUT2D eigenvalue weighted by Gasteiger charge is -2.09. The van der Waals surface area contributed by atoms with Crippen molar-refractivity contribution in [1.82, 2.24) is 10.2 Å². The second-order valence-corrected chi connectivity index (χ2v) is 6.17. The van der Waals surface area contributed by atoms with Gasteiger partial charge in [-0.05, 0) is 25.5 Å². The number of thiophene rings is 1. The van der Waals surface area contributed by atoms with Gasteiger partial charge in [-0.1, -0.05) is 29.9 Å². The zero-order valence-corrected chi connectivity index (χ0v) is 11.4. The molecule has 0 aliphatic carbocycles. The Bertz CT molecular complexity index is 466. The Kier molecular flexibility index (Phi) is 3.78.